The number of hydrogen-bond acceptors (Lipinski definition) is 6. The van der Waals surface area contributed by atoms with Crippen molar-refractivity contribution in [1.29, 1.82) is 0 Å². The number of nitrogens with zero attached hydrogens (tertiary/aromatic N) is 3. The van der Waals surface area contributed by atoms with Crippen LogP contribution < -0.4 is 5.32 Å². The molecule has 0 spiro atoms. The second-order valence-electron chi connectivity index (χ2n) is 6.42. The van der Waals surface area contributed by atoms with Crippen LogP contribution in [0.3, 0.4) is 0 Å². The maximum Gasteiger partial charge on any atom is 0.261 e. The molecule has 9 heteroatoms. The summed E-state index contributed by atoms with van der Waals surface area (Å²) in [5.74, 6) is -0.355. The molecule has 5 rings (SSSR count). The van der Waals surface area contributed by atoms with Crippen molar-refractivity contribution in [1.82, 2.24) is 9.88 Å². The van der Waals surface area contributed by atoms with Crippen LogP contribution in [-0.2, 0) is 14.8 Å². The first-order valence-corrected chi connectivity index (χ1v) is 11.0. The molecular weight excluding hydrogens is 396 g/mol. The fourth-order valence-electron chi connectivity index (χ4n) is 3.27. The quantitative estimate of drug-likeness (QED) is 0.701. The molecule has 2 aliphatic heterocycles. The summed E-state index contributed by atoms with van der Waals surface area (Å²) in [6.07, 6.45) is 4.99. The zero-order chi connectivity index (χ0) is 19.3. The smallest absolute Gasteiger partial charge is 0.261 e. The van der Waals surface area contributed by atoms with E-state index in [0.717, 1.165) is 21.0 Å². The second-order valence-corrected chi connectivity index (χ2v) is 9.21. The van der Waals surface area contributed by atoms with Crippen LogP contribution >= 0.6 is 11.3 Å². The van der Waals surface area contributed by atoms with Crippen LogP contribution in [-0.4, -0.2) is 42.3 Å². The predicted molar refractivity (Wildman–Crippen MR) is 111 cm³/mol. The van der Waals surface area contributed by atoms with E-state index in [2.05, 4.69) is 14.7 Å². The van der Waals surface area contributed by atoms with E-state index in [4.69, 9.17) is 0 Å². The monoisotopic (exact) mass is 410 g/mol. The van der Waals surface area contributed by atoms with Gasteiger partial charge in [0.25, 0.3) is 15.9 Å². The van der Waals surface area contributed by atoms with Gasteiger partial charge in [-0.2, -0.15) is 0 Å². The maximum atomic E-state index is 12.8. The fraction of sp³-hybridized carbons (Fsp3) is 0.105. The summed E-state index contributed by atoms with van der Waals surface area (Å²) in [6, 6.07) is 11.9. The zero-order valence-corrected chi connectivity index (χ0v) is 16.1. The highest BCUT2D eigenvalue weighted by atomic mass is 32.2. The van der Waals surface area contributed by atoms with Gasteiger partial charge in [0.05, 0.1) is 21.5 Å². The number of carbonyl (C=O) groups is 1. The molecule has 7 nitrogen and oxygen atoms in total. The molecule has 0 bridgehead atoms. The van der Waals surface area contributed by atoms with Gasteiger partial charge in [-0.1, -0.05) is 41.7 Å². The van der Waals surface area contributed by atoms with Gasteiger partial charge in [0.15, 0.2) is 11.0 Å². The molecule has 3 aromatic rings. The van der Waals surface area contributed by atoms with E-state index in [1.54, 1.807) is 23.3 Å². The van der Waals surface area contributed by atoms with Gasteiger partial charge in [0.1, 0.15) is 0 Å². The van der Waals surface area contributed by atoms with Crippen LogP contribution in [0.5, 0.6) is 0 Å². The van der Waals surface area contributed by atoms with Crippen LogP contribution in [0.4, 0.5) is 5.13 Å². The molecule has 2 aliphatic rings. The van der Waals surface area contributed by atoms with Gasteiger partial charge in [-0.25, -0.2) is 13.4 Å². The van der Waals surface area contributed by atoms with Crippen molar-refractivity contribution >= 4 is 59.2 Å². The lowest BCUT2D eigenvalue weighted by Crippen LogP contribution is -2.40. The number of sulfonamides is 1. The molecule has 140 valence electrons. The molecule has 3 heterocycles. The van der Waals surface area contributed by atoms with Crippen molar-refractivity contribution in [2.24, 2.45) is 4.40 Å². The third kappa shape index (κ3) is 2.88. The number of thiazole rings is 1. The van der Waals surface area contributed by atoms with Crippen LogP contribution in [0.15, 0.2) is 64.7 Å². The van der Waals surface area contributed by atoms with E-state index >= 15 is 0 Å². The molecule has 2 aromatic carbocycles. The summed E-state index contributed by atoms with van der Waals surface area (Å²) in [5.41, 5.74) is 1.03. The molecular formula is C19H14N4O3S2. The van der Waals surface area contributed by atoms with E-state index in [-0.39, 0.29) is 23.7 Å². The van der Waals surface area contributed by atoms with Crippen LogP contribution in [0.2, 0.25) is 0 Å². The SMILES string of the molecule is O=C(Nc1nc2c(ccc3ccccc32)s1)C1=CC=CN2CCS(=O)(=O)N=C12. The lowest BCUT2D eigenvalue weighted by Gasteiger charge is -2.28. The Balaban J connectivity index is 1.50. The molecule has 28 heavy (non-hydrogen) atoms. The number of rotatable bonds is 2. The molecule has 0 aliphatic carbocycles. The highest BCUT2D eigenvalue weighted by Crippen LogP contribution is 2.32. The number of benzene rings is 2. The topological polar surface area (TPSA) is 91.7 Å². The number of nitrogens with one attached hydrogen (secondary N) is 1. The average Bonchev–Trinajstić information content (AvgIpc) is 3.09. The minimum absolute atomic E-state index is 0.0688. The molecule has 0 saturated carbocycles. The minimum atomic E-state index is -3.56. The van der Waals surface area contributed by atoms with Gasteiger partial charge in [0, 0.05) is 18.1 Å². The molecule has 0 saturated heterocycles. The molecule has 0 radical (unpaired) electrons. The van der Waals surface area contributed by atoms with E-state index in [9.17, 15) is 13.2 Å². The van der Waals surface area contributed by atoms with Gasteiger partial charge in [-0.05, 0) is 23.6 Å². The Morgan fingerprint density at radius 2 is 2.04 bits per heavy atom. The number of carbonyl (C=O) groups excluding carboxylic acids is 1. The Hall–Kier alpha value is -3.04. The van der Waals surface area contributed by atoms with E-state index < -0.39 is 15.9 Å². The van der Waals surface area contributed by atoms with Crippen molar-refractivity contribution in [3.63, 3.8) is 0 Å². The zero-order valence-electron chi connectivity index (χ0n) is 14.5. The van der Waals surface area contributed by atoms with Gasteiger partial charge in [-0.3, -0.25) is 10.1 Å². The van der Waals surface area contributed by atoms with Crippen LogP contribution in [0.1, 0.15) is 0 Å². The predicted octanol–water partition coefficient (Wildman–Crippen LogP) is 2.89. The molecule has 0 atom stereocenters. The van der Waals surface area contributed by atoms with E-state index in [1.165, 1.54) is 11.3 Å². The van der Waals surface area contributed by atoms with Crippen molar-refractivity contribution in [3.8, 4) is 0 Å². The van der Waals surface area contributed by atoms with Crippen LogP contribution in [0.25, 0.3) is 21.0 Å². The number of hydrogen-bond donors (Lipinski definition) is 1. The van der Waals surface area contributed by atoms with Gasteiger partial charge >= 0.3 is 0 Å². The number of amides is 1. The number of anilines is 1. The summed E-state index contributed by atoms with van der Waals surface area (Å²) in [5, 5.41) is 5.34. The number of aromatic nitrogens is 1. The Labute approximate surface area is 164 Å². The molecule has 0 fully saturated rings. The molecule has 0 unspecified atom stereocenters. The Bertz CT molecular complexity index is 1340. The number of allylic oxidation sites excluding steroid dienone is 2. The first-order valence-electron chi connectivity index (χ1n) is 8.58. The fourth-order valence-corrected chi connectivity index (χ4v) is 5.14. The Morgan fingerprint density at radius 3 is 2.93 bits per heavy atom. The first kappa shape index (κ1) is 17.1. The van der Waals surface area contributed by atoms with Crippen molar-refractivity contribution in [2.75, 3.05) is 17.6 Å². The van der Waals surface area contributed by atoms with Gasteiger partial charge in [-0.15, -0.1) is 4.40 Å². The number of amidine groups is 1. The minimum Gasteiger partial charge on any atom is -0.331 e. The summed E-state index contributed by atoms with van der Waals surface area (Å²) >= 11 is 1.37. The molecule has 1 aromatic heterocycles. The number of fused-ring (bicyclic) bond motifs is 4. The van der Waals surface area contributed by atoms with Crippen molar-refractivity contribution in [2.45, 2.75) is 0 Å². The van der Waals surface area contributed by atoms with E-state index in [0.29, 0.717) is 5.13 Å². The molecule has 1 amide bonds. The summed E-state index contributed by atoms with van der Waals surface area (Å²) in [7, 11) is -3.56. The van der Waals surface area contributed by atoms with Crippen LogP contribution in [0, 0.1) is 0 Å². The molecule has 1 N–H and O–H groups in total. The van der Waals surface area contributed by atoms with Gasteiger partial charge in [0.2, 0.25) is 0 Å². The van der Waals surface area contributed by atoms with E-state index in [1.807, 2.05) is 36.4 Å². The largest absolute Gasteiger partial charge is 0.331 e. The summed E-state index contributed by atoms with van der Waals surface area (Å²) < 4.78 is 28.5. The third-order valence-electron chi connectivity index (χ3n) is 4.61. The standard InChI is InChI=1S/C19H14N4O3S2/c24-18(14-6-3-9-23-10-11-28(25,26)22-17(14)23)21-19-20-16-13-5-2-1-4-12(13)7-8-15(16)27-19/h1-9H,10-11H2,(H,20,21,24). The third-order valence-corrected chi connectivity index (χ3v) is 6.69. The second kappa shape index (κ2) is 6.25. The normalized spacial score (nSPS) is 17.9. The van der Waals surface area contributed by atoms with Crippen molar-refractivity contribution < 1.29 is 13.2 Å². The van der Waals surface area contributed by atoms with Gasteiger partial charge < -0.3 is 4.90 Å². The Kier molecular flexibility index (Phi) is 3.81. The first-order chi connectivity index (χ1) is 13.5. The maximum absolute atomic E-state index is 12.8. The summed E-state index contributed by atoms with van der Waals surface area (Å²) in [4.78, 5) is 19.1. The lowest BCUT2D eigenvalue weighted by atomic mass is 10.1. The highest BCUT2D eigenvalue weighted by Gasteiger charge is 2.30. The summed E-state index contributed by atoms with van der Waals surface area (Å²) in [6.45, 7) is 0.273. The highest BCUT2D eigenvalue weighted by molar-refractivity contribution is 7.90. The van der Waals surface area contributed by atoms with Crippen molar-refractivity contribution in [3.05, 3.63) is 60.3 Å². The Morgan fingerprint density at radius 1 is 1.18 bits per heavy atom. The lowest BCUT2D eigenvalue weighted by molar-refractivity contribution is -0.112. The average molecular weight is 410 g/mol.